The zero-order valence-corrected chi connectivity index (χ0v) is 12.6. The van der Waals surface area contributed by atoms with Gasteiger partial charge >= 0.3 is 0 Å². The lowest BCUT2D eigenvalue weighted by atomic mass is 9.53. The summed E-state index contributed by atoms with van der Waals surface area (Å²) < 4.78 is 5.88. The Morgan fingerprint density at radius 3 is 1.90 bits per heavy atom. The van der Waals surface area contributed by atoms with Gasteiger partial charge in [0.2, 0.25) is 0 Å². The van der Waals surface area contributed by atoms with Gasteiger partial charge in [0.05, 0.1) is 6.10 Å². The van der Waals surface area contributed by atoms with Crippen molar-refractivity contribution in [1.29, 1.82) is 0 Å². The van der Waals surface area contributed by atoms with Gasteiger partial charge in [-0.25, -0.2) is 0 Å². The van der Waals surface area contributed by atoms with E-state index in [0.29, 0.717) is 11.5 Å². The quantitative estimate of drug-likeness (QED) is 0.796. The highest BCUT2D eigenvalue weighted by Crippen LogP contribution is 2.71. The number of hydrogen-bond acceptors (Lipinski definition) is 1. The van der Waals surface area contributed by atoms with E-state index in [2.05, 4.69) is 67.6 Å². The first-order chi connectivity index (χ1) is 10.3. The number of hydrogen-bond donors (Lipinski definition) is 0. The van der Waals surface area contributed by atoms with Crippen molar-refractivity contribution in [3.05, 3.63) is 71.8 Å². The van der Waals surface area contributed by atoms with Crippen LogP contribution in [0.4, 0.5) is 0 Å². The van der Waals surface area contributed by atoms with Crippen molar-refractivity contribution in [3.63, 3.8) is 0 Å². The molecule has 1 nitrogen and oxygen atoms in total. The molecule has 1 atom stereocenters. The van der Waals surface area contributed by atoms with E-state index in [9.17, 15) is 0 Å². The second-order valence-electron chi connectivity index (χ2n) is 6.68. The van der Waals surface area contributed by atoms with Gasteiger partial charge in [0.15, 0.2) is 0 Å². The first kappa shape index (κ1) is 13.1. The summed E-state index contributed by atoms with van der Waals surface area (Å²) in [7, 11) is 0. The van der Waals surface area contributed by atoms with Crippen molar-refractivity contribution in [2.75, 3.05) is 6.61 Å². The van der Waals surface area contributed by atoms with Crippen molar-refractivity contribution in [1.82, 2.24) is 0 Å². The Hall–Kier alpha value is -1.60. The van der Waals surface area contributed by atoms with Gasteiger partial charge in [0.25, 0.3) is 0 Å². The molecule has 1 unspecified atom stereocenters. The maximum Gasteiger partial charge on any atom is 0.0639 e. The van der Waals surface area contributed by atoms with Crippen LogP contribution in [-0.4, -0.2) is 12.7 Å². The lowest BCUT2D eigenvalue weighted by Crippen LogP contribution is -2.45. The second kappa shape index (κ2) is 4.71. The Morgan fingerprint density at radius 2 is 1.43 bits per heavy atom. The molecule has 1 spiro atoms. The second-order valence-corrected chi connectivity index (χ2v) is 6.68. The molecule has 0 amide bonds. The molecule has 2 aromatic rings. The average molecular weight is 278 g/mol. The molecule has 0 bridgehead atoms. The molecule has 0 heterocycles. The summed E-state index contributed by atoms with van der Waals surface area (Å²) in [5, 5.41) is 0. The molecule has 0 radical (unpaired) electrons. The minimum Gasteiger partial charge on any atom is -0.378 e. The monoisotopic (exact) mass is 278 g/mol. The van der Waals surface area contributed by atoms with E-state index < -0.39 is 0 Å². The molecular formula is C20H22O. The van der Waals surface area contributed by atoms with Crippen LogP contribution in [0.2, 0.25) is 0 Å². The SMILES string of the molecule is CCOC1CC12CC(c1ccccc1)(c1ccccc1)C2. The van der Waals surface area contributed by atoms with Crippen LogP contribution in [-0.2, 0) is 10.2 Å². The molecule has 4 rings (SSSR count). The standard InChI is InChI=1S/C20H22O/c1-2-21-18-13-19(18)14-20(15-19,16-9-5-3-6-10-16)17-11-7-4-8-12-17/h3-12,18H,2,13-15H2,1H3. The zero-order valence-electron chi connectivity index (χ0n) is 12.6. The van der Waals surface area contributed by atoms with Gasteiger partial charge in [-0.1, -0.05) is 60.7 Å². The van der Waals surface area contributed by atoms with Crippen LogP contribution >= 0.6 is 0 Å². The topological polar surface area (TPSA) is 9.23 Å². The van der Waals surface area contributed by atoms with E-state index in [0.717, 1.165) is 6.61 Å². The molecule has 0 aromatic heterocycles. The van der Waals surface area contributed by atoms with Gasteiger partial charge in [0.1, 0.15) is 0 Å². The molecule has 0 saturated heterocycles. The van der Waals surface area contributed by atoms with Crippen LogP contribution in [0.15, 0.2) is 60.7 Å². The van der Waals surface area contributed by atoms with Crippen LogP contribution in [0.3, 0.4) is 0 Å². The van der Waals surface area contributed by atoms with E-state index in [4.69, 9.17) is 4.74 Å². The summed E-state index contributed by atoms with van der Waals surface area (Å²) in [4.78, 5) is 0. The fourth-order valence-corrected chi connectivity index (χ4v) is 4.36. The van der Waals surface area contributed by atoms with Crippen molar-refractivity contribution in [2.24, 2.45) is 5.41 Å². The summed E-state index contributed by atoms with van der Waals surface area (Å²) in [5.41, 5.74) is 3.59. The van der Waals surface area contributed by atoms with Gasteiger partial charge in [0, 0.05) is 17.4 Å². The molecule has 2 aromatic carbocycles. The van der Waals surface area contributed by atoms with E-state index in [1.165, 1.54) is 30.4 Å². The molecule has 1 heteroatoms. The van der Waals surface area contributed by atoms with E-state index in [1.807, 2.05) is 0 Å². The molecule has 2 fully saturated rings. The van der Waals surface area contributed by atoms with Gasteiger partial charge in [-0.2, -0.15) is 0 Å². The van der Waals surface area contributed by atoms with Crippen LogP contribution in [0.5, 0.6) is 0 Å². The molecule has 2 aliphatic rings. The Kier molecular flexibility index (Phi) is 2.93. The van der Waals surface area contributed by atoms with Crippen LogP contribution in [0, 0.1) is 5.41 Å². The van der Waals surface area contributed by atoms with Crippen LogP contribution < -0.4 is 0 Å². The summed E-state index contributed by atoms with van der Waals surface area (Å²) in [5.74, 6) is 0. The van der Waals surface area contributed by atoms with Crippen LogP contribution in [0.1, 0.15) is 37.3 Å². The molecule has 2 saturated carbocycles. The Bertz CT molecular complexity index is 569. The van der Waals surface area contributed by atoms with E-state index in [1.54, 1.807) is 0 Å². The highest BCUT2D eigenvalue weighted by atomic mass is 16.5. The van der Waals surface area contributed by atoms with Crippen molar-refractivity contribution in [3.8, 4) is 0 Å². The average Bonchev–Trinajstić information content (AvgIpc) is 3.21. The normalized spacial score (nSPS) is 24.5. The zero-order chi connectivity index (χ0) is 14.3. The Balaban J connectivity index is 1.68. The van der Waals surface area contributed by atoms with Crippen molar-refractivity contribution in [2.45, 2.75) is 37.7 Å². The minimum atomic E-state index is 0.203. The number of benzene rings is 2. The van der Waals surface area contributed by atoms with E-state index in [-0.39, 0.29) is 5.41 Å². The fraction of sp³-hybridized carbons (Fsp3) is 0.400. The molecule has 21 heavy (non-hydrogen) atoms. The predicted molar refractivity (Wildman–Crippen MR) is 85.4 cm³/mol. The summed E-state index contributed by atoms with van der Waals surface area (Å²) in [6, 6.07) is 22.0. The summed E-state index contributed by atoms with van der Waals surface area (Å²) in [6.07, 6.45) is 4.22. The maximum atomic E-state index is 5.88. The smallest absolute Gasteiger partial charge is 0.0639 e. The summed E-state index contributed by atoms with van der Waals surface area (Å²) >= 11 is 0. The van der Waals surface area contributed by atoms with Gasteiger partial charge in [-0.05, 0) is 37.3 Å². The number of ether oxygens (including phenoxy) is 1. The van der Waals surface area contributed by atoms with Gasteiger partial charge in [-0.15, -0.1) is 0 Å². The lowest BCUT2D eigenvalue weighted by molar-refractivity contribution is 0.0431. The molecule has 0 N–H and O–H groups in total. The largest absolute Gasteiger partial charge is 0.378 e. The van der Waals surface area contributed by atoms with Crippen LogP contribution in [0.25, 0.3) is 0 Å². The van der Waals surface area contributed by atoms with Gasteiger partial charge in [-0.3, -0.25) is 0 Å². The third-order valence-corrected chi connectivity index (χ3v) is 5.44. The molecule has 0 aliphatic heterocycles. The Labute approximate surface area is 127 Å². The molecular weight excluding hydrogens is 256 g/mol. The first-order valence-corrected chi connectivity index (χ1v) is 8.02. The third-order valence-electron chi connectivity index (χ3n) is 5.44. The highest BCUT2D eigenvalue weighted by molar-refractivity contribution is 5.46. The highest BCUT2D eigenvalue weighted by Gasteiger charge is 2.68. The summed E-state index contributed by atoms with van der Waals surface area (Å²) in [6.45, 7) is 2.95. The molecule has 2 aliphatic carbocycles. The van der Waals surface area contributed by atoms with Crippen molar-refractivity contribution >= 4 is 0 Å². The van der Waals surface area contributed by atoms with Crippen molar-refractivity contribution < 1.29 is 4.74 Å². The molecule has 108 valence electrons. The third kappa shape index (κ3) is 1.95. The predicted octanol–water partition coefficient (Wildman–Crippen LogP) is 4.56. The lowest BCUT2D eigenvalue weighted by Gasteiger charge is -2.50. The first-order valence-electron chi connectivity index (χ1n) is 8.02. The maximum absolute atomic E-state index is 5.88. The fourth-order valence-electron chi connectivity index (χ4n) is 4.36. The van der Waals surface area contributed by atoms with Gasteiger partial charge < -0.3 is 4.74 Å². The minimum absolute atomic E-state index is 0.203. The number of rotatable bonds is 4. The Morgan fingerprint density at radius 1 is 0.905 bits per heavy atom. The van der Waals surface area contributed by atoms with E-state index >= 15 is 0 Å².